The minimum Gasteiger partial charge on any atom is -0.335 e. The van der Waals surface area contributed by atoms with Crippen molar-refractivity contribution < 1.29 is 9.59 Å². The van der Waals surface area contributed by atoms with E-state index in [1.54, 1.807) is 0 Å². The summed E-state index contributed by atoms with van der Waals surface area (Å²) in [6, 6.07) is 15.9. The second-order valence-corrected chi connectivity index (χ2v) is 10.1. The number of amides is 2. The lowest BCUT2D eigenvalue weighted by Crippen LogP contribution is -2.50. The molecule has 2 aliphatic rings. The van der Waals surface area contributed by atoms with Crippen molar-refractivity contribution in [3.05, 3.63) is 70.8 Å². The predicted octanol–water partition coefficient (Wildman–Crippen LogP) is 4.33. The maximum Gasteiger partial charge on any atom is 0.253 e. The zero-order valence-corrected chi connectivity index (χ0v) is 18.3. The van der Waals surface area contributed by atoms with E-state index in [1.807, 2.05) is 69.7 Å². The number of piperazine rings is 1. The van der Waals surface area contributed by atoms with Crippen LogP contribution in [0.1, 0.15) is 43.3 Å². The van der Waals surface area contributed by atoms with E-state index in [4.69, 9.17) is 0 Å². The monoisotopic (exact) mass is 426 g/mol. The van der Waals surface area contributed by atoms with Gasteiger partial charge in [0.05, 0.1) is 4.58 Å². The lowest BCUT2D eigenvalue weighted by Gasteiger charge is -2.35. The first kappa shape index (κ1) is 20.4. The van der Waals surface area contributed by atoms with Crippen LogP contribution in [0.2, 0.25) is 0 Å². The van der Waals surface area contributed by atoms with Crippen molar-refractivity contribution in [1.82, 2.24) is 9.80 Å². The second-order valence-electron chi connectivity index (χ2n) is 7.33. The van der Waals surface area contributed by atoms with Crippen molar-refractivity contribution in [2.45, 2.75) is 17.9 Å². The molecule has 0 saturated carbocycles. The van der Waals surface area contributed by atoms with Gasteiger partial charge in [-0.3, -0.25) is 9.59 Å². The molecule has 2 saturated heterocycles. The van der Waals surface area contributed by atoms with E-state index in [1.165, 1.54) is 22.6 Å². The van der Waals surface area contributed by atoms with Gasteiger partial charge in [-0.15, -0.1) is 23.5 Å². The Morgan fingerprint density at radius 3 is 1.69 bits per heavy atom. The molecule has 0 aromatic heterocycles. The molecular formula is C23H26N2O2S2. The maximum absolute atomic E-state index is 12.9. The van der Waals surface area contributed by atoms with Gasteiger partial charge in [-0.05, 0) is 41.8 Å². The van der Waals surface area contributed by atoms with E-state index in [-0.39, 0.29) is 11.8 Å². The number of hydrogen-bond acceptors (Lipinski definition) is 4. The molecule has 4 rings (SSSR count). The normalized spacial score (nSPS) is 17.6. The van der Waals surface area contributed by atoms with Gasteiger partial charge >= 0.3 is 0 Å². The minimum atomic E-state index is 0.0515. The number of rotatable bonds is 4. The highest BCUT2D eigenvalue weighted by atomic mass is 32.2. The number of hydrogen-bond donors (Lipinski definition) is 0. The van der Waals surface area contributed by atoms with Gasteiger partial charge in [-0.25, -0.2) is 0 Å². The van der Waals surface area contributed by atoms with E-state index < -0.39 is 0 Å². The molecule has 2 heterocycles. The third-order valence-electron chi connectivity index (χ3n) is 5.51. The summed E-state index contributed by atoms with van der Waals surface area (Å²) in [5.41, 5.74) is 3.98. The van der Waals surface area contributed by atoms with Crippen molar-refractivity contribution in [2.75, 3.05) is 37.7 Å². The largest absolute Gasteiger partial charge is 0.335 e. The van der Waals surface area contributed by atoms with Crippen molar-refractivity contribution in [3.8, 4) is 0 Å². The molecule has 0 N–H and O–H groups in total. The highest BCUT2D eigenvalue weighted by molar-refractivity contribution is 8.19. The van der Waals surface area contributed by atoms with Gasteiger partial charge in [-0.2, -0.15) is 0 Å². The molecule has 6 heteroatoms. The molecule has 0 atom stereocenters. The Bertz CT molecular complexity index is 853. The fourth-order valence-electron chi connectivity index (χ4n) is 3.69. The van der Waals surface area contributed by atoms with Gasteiger partial charge in [0.25, 0.3) is 11.8 Å². The highest BCUT2D eigenvalue weighted by Crippen LogP contribution is 2.45. The first-order chi connectivity index (χ1) is 14.2. The standard InChI is InChI=1S/C23H26N2O2S2/c1-2-17-3-5-18(6-4-17)21(26)24-11-13-25(14-12-24)22(27)19-7-9-20(10-8-19)23-28-15-16-29-23/h3-10,23H,2,11-16H2,1H3. The van der Waals surface area contributed by atoms with Crippen LogP contribution in [-0.2, 0) is 6.42 Å². The predicted molar refractivity (Wildman–Crippen MR) is 122 cm³/mol. The average molecular weight is 427 g/mol. The summed E-state index contributed by atoms with van der Waals surface area (Å²) >= 11 is 3.94. The van der Waals surface area contributed by atoms with Crippen LogP contribution in [0.4, 0.5) is 0 Å². The number of carbonyl (C=O) groups is 2. The van der Waals surface area contributed by atoms with E-state index in [2.05, 4.69) is 19.1 Å². The number of aryl methyl sites for hydroxylation is 1. The molecule has 0 bridgehead atoms. The average Bonchev–Trinajstić information content (AvgIpc) is 3.33. The van der Waals surface area contributed by atoms with E-state index in [0.717, 1.165) is 17.5 Å². The van der Waals surface area contributed by atoms with Gasteiger partial charge in [0.2, 0.25) is 0 Å². The lowest BCUT2D eigenvalue weighted by molar-refractivity contribution is 0.0535. The Hall–Kier alpha value is -1.92. The van der Waals surface area contributed by atoms with Gasteiger partial charge < -0.3 is 9.80 Å². The Kier molecular flexibility index (Phi) is 6.50. The molecule has 0 spiro atoms. The number of benzene rings is 2. The molecule has 0 radical (unpaired) electrons. The summed E-state index contributed by atoms with van der Waals surface area (Å²) in [5.74, 6) is 2.50. The van der Waals surface area contributed by atoms with Gasteiger partial charge in [0.1, 0.15) is 0 Å². The van der Waals surface area contributed by atoms with Crippen molar-refractivity contribution in [1.29, 1.82) is 0 Å². The fourth-order valence-corrected chi connectivity index (χ4v) is 6.55. The Labute approximate surface area is 181 Å². The highest BCUT2D eigenvalue weighted by Gasteiger charge is 2.26. The molecule has 29 heavy (non-hydrogen) atoms. The molecule has 152 valence electrons. The van der Waals surface area contributed by atoms with Crippen molar-refractivity contribution in [2.24, 2.45) is 0 Å². The van der Waals surface area contributed by atoms with Crippen LogP contribution in [0.15, 0.2) is 48.5 Å². The first-order valence-corrected chi connectivity index (χ1v) is 12.3. The third-order valence-corrected chi connectivity index (χ3v) is 8.62. The fraction of sp³-hybridized carbons (Fsp3) is 0.391. The molecule has 2 fully saturated rings. The lowest BCUT2D eigenvalue weighted by atomic mass is 10.1. The van der Waals surface area contributed by atoms with Crippen LogP contribution >= 0.6 is 23.5 Å². The topological polar surface area (TPSA) is 40.6 Å². The summed E-state index contributed by atoms with van der Waals surface area (Å²) in [5, 5.41) is 0. The molecule has 0 unspecified atom stereocenters. The SMILES string of the molecule is CCc1ccc(C(=O)N2CCN(C(=O)c3ccc(C4SCCS4)cc3)CC2)cc1. The molecule has 0 aliphatic carbocycles. The van der Waals surface area contributed by atoms with E-state index in [9.17, 15) is 9.59 Å². The Morgan fingerprint density at radius 2 is 1.24 bits per heavy atom. The van der Waals surface area contributed by atoms with Crippen LogP contribution in [-0.4, -0.2) is 59.3 Å². The van der Waals surface area contributed by atoms with Gasteiger partial charge in [-0.1, -0.05) is 31.2 Å². The van der Waals surface area contributed by atoms with Crippen LogP contribution in [0.5, 0.6) is 0 Å². The van der Waals surface area contributed by atoms with Crippen LogP contribution in [0, 0.1) is 0 Å². The Balaban J connectivity index is 1.33. The number of nitrogens with zero attached hydrogens (tertiary/aromatic N) is 2. The Morgan fingerprint density at radius 1 is 0.793 bits per heavy atom. The van der Waals surface area contributed by atoms with Crippen molar-refractivity contribution >= 4 is 35.3 Å². The van der Waals surface area contributed by atoms with Crippen LogP contribution in [0.25, 0.3) is 0 Å². The zero-order chi connectivity index (χ0) is 20.2. The third kappa shape index (κ3) is 4.64. The maximum atomic E-state index is 12.9. The molecular weight excluding hydrogens is 400 g/mol. The number of carbonyl (C=O) groups excluding carboxylic acids is 2. The van der Waals surface area contributed by atoms with Crippen LogP contribution in [0.3, 0.4) is 0 Å². The van der Waals surface area contributed by atoms with E-state index >= 15 is 0 Å². The van der Waals surface area contributed by atoms with Crippen LogP contribution < -0.4 is 0 Å². The molecule has 2 aromatic rings. The molecule has 2 amide bonds. The second kappa shape index (κ2) is 9.26. The molecule has 2 aliphatic heterocycles. The first-order valence-electron chi connectivity index (χ1n) is 10.2. The summed E-state index contributed by atoms with van der Waals surface area (Å²) in [6.07, 6.45) is 0.967. The smallest absolute Gasteiger partial charge is 0.253 e. The summed E-state index contributed by atoms with van der Waals surface area (Å²) in [6.45, 7) is 4.41. The number of thioether (sulfide) groups is 2. The summed E-state index contributed by atoms with van der Waals surface area (Å²) < 4.78 is 0.500. The van der Waals surface area contributed by atoms with Crippen molar-refractivity contribution in [3.63, 3.8) is 0 Å². The van der Waals surface area contributed by atoms with Gasteiger partial charge in [0, 0.05) is 48.8 Å². The summed E-state index contributed by atoms with van der Waals surface area (Å²) in [7, 11) is 0. The molecule has 2 aromatic carbocycles. The quantitative estimate of drug-likeness (QED) is 0.730. The zero-order valence-electron chi connectivity index (χ0n) is 16.7. The molecule has 4 nitrogen and oxygen atoms in total. The van der Waals surface area contributed by atoms with Gasteiger partial charge in [0.15, 0.2) is 0 Å². The summed E-state index contributed by atoms with van der Waals surface area (Å²) in [4.78, 5) is 29.3. The minimum absolute atomic E-state index is 0.0515. The van der Waals surface area contributed by atoms with E-state index in [0.29, 0.717) is 30.8 Å².